The SMILES string of the molecule is CCN(CC)CCCC(C)Nc1ccc(C#N)cc1Cl. The van der Waals surface area contributed by atoms with Gasteiger partial charge in [0.15, 0.2) is 0 Å². The minimum atomic E-state index is 0.371. The molecule has 0 saturated heterocycles. The van der Waals surface area contributed by atoms with Crippen LogP contribution in [0.1, 0.15) is 39.2 Å². The normalized spacial score (nSPS) is 12.2. The molecule has 0 amide bonds. The fourth-order valence-corrected chi connectivity index (χ4v) is 2.44. The number of anilines is 1. The van der Waals surface area contributed by atoms with E-state index in [1.807, 2.05) is 6.07 Å². The van der Waals surface area contributed by atoms with Crippen LogP contribution in [0.3, 0.4) is 0 Å². The van der Waals surface area contributed by atoms with E-state index in [-0.39, 0.29) is 0 Å². The molecule has 4 heteroatoms. The first-order chi connectivity index (χ1) is 9.60. The Morgan fingerprint density at radius 2 is 2.05 bits per heavy atom. The number of nitriles is 1. The van der Waals surface area contributed by atoms with E-state index in [9.17, 15) is 0 Å². The highest BCUT2D eigenvalue weighted by molar-refractivity contribution is 6.33. The van der Waals surface area contributed by atoms with Crippen molar-refractivity contribution in [3.63, 3.8) is 0 Å². The summed E-state index contributed by atoms with van der Waals surface area (Å²) in [6.45, 7) is 9.92. The zero-order chi connectivity index (χ0) is 15.0. The van der Waals surface area contributed by atoms with Gasteiger partial charge in [0, 0.05) is 6.04 Å². The highest BCUT2D eigenvalue weighted by Gasteiger charge is 2.07. The van der Waals surface area contributed by atoms with E-state index in [1.165, 1.54) is 6.42 Å². The topological polar surface area (TPSA) is 39.1 Å². The lowest BCUT2D eigenvalue weighted by Gasteiger charge is -2.20. The van der Waals surface area contributed by atoms with Crippen LogP contribution in [-0.2, 0) is 0 Å². The number of nitrogens with zero attached hydrogens (tertiary/aromatic N) is 2. The van der Waals surface area contributed by atoms with Gasteiger partial charge in [-0.1, -0.05) is 25.4 Å². The summed E-state index contributed by atoms with van der Waals surface area (Å²) in [6.07, 6.45) is 2.27. The van der Waals surface area contributed by atoms with Gasteiger partial charge in [-0.05, 0) is 57.6 Å². The Kier molecular flexibility index (Phi) is 7.43. The Hall–Kier alpha value is -1.24. The van der Waals surface area contributed by atoms with Crippen LogP contribution in [0, 0.1) is 11.3 Å². The van der Waals surface area contributed by atoms with E-state index in [0.717, 1.165) is 31.7 Å². The molecule has 1 rings (SSSR count). The maximum absolute atomic E-state index is 8.82. The maximum atomic E-state index is 8.82. The molecule has 0 fully saturated rings. The van der Waals surface area contributed by atoms with Crippen molar-refractivity contribution in [1.29, 1.82) is 5.26 Å². The van der Waals surface area contributed by atoms with Gasteiger partial charge in [0.2, 0.25) is 0 Å². The number of benzene rings is 1. The van der Waals surface area contributed by atoms with Crippen molar-refractivity contribution in [3.8, 4) is 6.07 Å². The third kappa shape index (κ3) is 5.40. The van der Waals surface area contributed by atoms with E-state index in [0.29, 0.717) is 16.6 Å². The lowest BCUT2D eigenvalue weighted by atomic mass is 10.1. The van der Waals surface area contributed by atoms with Crippen LogP contribution in [0.25, 0.3) is 0 Å². The van der Waals surface area contributed by atoms with Gasteiger partial charge in [0.25, 0.3) is 0 Å². The van der Waals surface area contributed by atoms with Gasteiger partial charge in [0.1, 0.15) is 0 Å². The Morgan fingerprint density at radius 3 is 2.60 bits per heavy atom. The monoisotopic (exact) mass is 293 g/mol. The Labute approximate surface area is 127 Å². The molecule has 1 aromatic rings. The van der Waals surface area contributed by atoms with Crippen LogP contribution in [-0.4, -0.2) is 30.6 Å². The van der Waals surface area contributed by atoms with E-state index in [2.05, 4.69) is 37.1 Å². The highest BCUT2D eigenvalue weighted by Crippen LogP contribution is 2.24. The molecule has 0 aliphatic rings. The number of nitrogens with one attached hydrogen (secondary N) is 1. The molecule has 0 aliphatic heterocycles. The van der Waals surface area contributed by atoms with Crippen LogP contribution in [0.15, 0.2) is 18.2 Å². The Balaban J connectivity index is 2.43. The lowest BCUT2D eigenvalue weighted by Crippen LogP contribution is -2.25. The molecule has 0 heterocycles. The first-order valence-corrected chi connectivity index (χ1v) is 7.67. The van der Waals surface area contributed by atoms with Crippen LogP contribution in [0.2, 0.25) is 5.02 Å². The highest BCUT2D eigenvalue weighted by atomic mass is 35.5. The molecule has 20 heavy (non-hydrogen) atoms. The molecule has 0 aromatic heterocycles. The van der Waals surface area contributed by atoms with Crippen molar-refractivity contribution in [2.75, 3.05) is 25.0 Å². The molecule has 3 nitrogen and oxygen atoms in total. The second-order valence-electron chi connectivity index (χ2n) is 5.02. The Morgan fingerprint density at radius 1 is 1.35 bits per heavy atom. The summed E-state index contributed by atoms with van der Waals surface area (Å²) >= 11 is 6.16. The molecule has 1 aromatic carbocycles. The van der Waals surface area contributed by atoms with E-state index >= 15 is 0 Å². The third-order valence-electron chi connectivity index (χ3n) is 3.51. The quantitative estimate of drug-likeness (QED) is 0.783. The smallest absolute Gasteiger partial charge is 0.0992 e. The maximum Gasteiger partial charge on any atom is 0.0992 e. The largest absolute Gasteiger partial charge is 0.381 e. The predicted molar refractivity (Wildman–Crippen MR) is 86.3 cm³/mol. The molecule has 1 N–H and O–H groups in total. The molecule has 1 atom stereocenters. The van der Waals surface area contributed by atoms with E-state index in [1.54, 1.807) is 12.1 Å². The van der Waals surface area contributed by atoms with Crippen molar-refractivity contribution < 1.29 is 0 Å². The number of rotatable bonds is 8. The van der Waals surface area contributed by atoms with Crippen LogP contribution in [0.4, 0.5) is 5.69 Å². The van der Waals surface area contributed by atoms with Crippen LogP contribution in [0.5, 0.6) is 0 Å². The van der Waals surface area contributed by atoms with Crippen molar-refractivity contribution >= 4 is 17.3 Å². The fourth-order valence-electron chi connectivity index (χ4n) is 2.20. The predicted octanol–water partition coefficient (Wildman–Crippen LogP) is 4.13. The molecule has 0 saturated carbocycles. The second kappa shape index (κ2) is 8.84. The summed E-state index contributed by atoms with van der Waals surface area (Å²) in [5.41, 5.74) is 1.50. The van der Waals surface area contributed by atoms with Gasteiger partial charge in [-0.2, -0.15) is 5.26 Å². The molecular formula is C16H24ClN3. The average Bonchev–Trinajstić information content (AvgIpc) is 2.45. The van der Waals surface area contributed by atoms with Gasteiger partial charge in [-0.3, -0.25) is 0 Å². The lowest BCUT2D eigenvalue weighted by molar-refractivity contribution is 0.295. The third-order valence-corrected chi connectivity index (χ3v) is 3.82. The number of hydrogen-bond donors (Lipinski definition) is 1. The standard InChI is InChI=1S/C16H24ClN3/c1-4-20(5-2)10-6-7-13(3)19-16-9-8-14(12-18)11-15(16)17/h8-9,11,13,19H,4-7,10H2,1-3H3. The van der Waals surface area contributed by atoms with Gasteiger partial charge in [-0.15, -0.1) is 0 Å². The number of halogens is 1. The molecular weight excluding hydrogens is 270 g/mol. The van der Waals surface area contributed by atoms with E-state index in [4.69, 9.17) is 16.9 Å². The summed E-state index contributed by atoms with van der Waals surface area (Å²) < 4.78 is 0. The minimum absolute atomic E-state index is 0.371. The molecule has 0 radical (unpaired) electrons. The first-order valence-electron chi connectivity index (χ1n) is 7.29. The van der Waals surface area contributed by atoms with Gasteiger partial charge in [0.05, 0.1) is 22.3 Å². The molecule has 0 aliphatic carbocycles. The fraction of sp³-hybridized carbons (Fsp3) is 0.562. The summed E-state index contributed by atoms with van der Waals surface area (Å²) in [6, 6.07) is 7.83. The minimum Gasteiger partial charge on any atom is -0.381 e. The van der Waals surface area contributed by atoms with Gasteiger partial charge in [-0.25, -0.2) is 0 Å². The van der Waals surface area contributed by atoms with Crippen molar-refractivity contribution in [2.24, 2.45) is 0 Å². The summed E-state index contributed by atoms with van der Waals surface area (Å²) in [5.74, 6) is 0. The molecule has 0 spiro atoms. The zero-order valence-electron chi connectivity index (χ0n) is 12.6. The molecule has 1 unspecified atom stereocenters. The number of hydrogen-bond acceptors (Lipinski definition) is 3. The molecule has 0 bridgehead atoms. The van der Waals surface area contributed by atoms with E-state index < -0.39 is 0 Å². The second-order valence-corrected chi connectivity index (χ2v) is 5.43. The van der Waals surface area contributed by atoms with Crippen molar-refractivity contribution in [3.05, 3.63) is 28.8 Å². The molecule has 110 valence electrons. The van der Waals surface area contributed by atoms with Crippen molar-refractivity contribution in [2.45, 2.75) is 39.7 Å². The van der Waals surface area contributed by atoms with Gasteiger partial charge >= 0.3 is 0 Å². The summed E-state index contributed by atoms with van der Waals surface area (Å²) in [5, 5.41) is 12.8. The average molecular weight is 294 g/mol. The van der Waals surface area contributed by atoms with Crippen molar-refractivity contribution in [1.82, 2.24) is 4.90 Å². The van der Waals surface area contributed by atoms with Crippen LogP contribution >= 0.6 is 11.6 Å². The Bertz CT molecular complexity index is 450. The first kappa shape index (κ1) is 16.8. The summed E-state index contributed by atoms with van der Waals surface area (Å²) in [7, 11) is 0. The van der Waals surface area contributed by atoms with Gasteiger partial charge < -0.3 is 10.2 Å². The summed E-state index contributed by atoms with van der Waals surface area (Å²) in [4.78, 5) is 2.43. The van der Waals surface area contributed by atoms with Crippen LogP contribution < -0.4 is 5.32 Å². The zero-order valence-corrected chi connectivity index (χ0v) is 13.4.